The van der Waals surface area contributed by atoms with Gasteiger partial charge in [-0.1, -0.05) is 30.3 Å². The van der Waals surface area contributed by atoms with Crippen molar-refractivity contribution in [3.8, 4) is 0 Å². The first kappa shape index (κ1) is 19.8. The van der Waals surface area contributed by atoms with Crippen molar-refractivity contribution in [3.63, 3.8) is 0 Å². The lowest BCUT2D eigenvalue weighted by Crippen LogP contribution is -2.50. The van der Waals surface area contributed by atoms with Crippen LogP contribution in [0.1, 0.15) is 24.4 Å². The number of carbonyl (C=O) groups excluding carboxylic acids is 1. The van der Waals surface area contributed by atoms with E-state index in [1.807, 2.05) is 0 Å². The fourth-order valence-corrected chi connectivity index (χ4v) is 4.07. The summed E-state index contributed by atoms with van der Waals surface area (Å²) < 4.78 is 0. The van der Waals surface area contributed by atoms with Gasteiger partial charge in [-0.05, 0) is 42.7 Å². The van der Waals surface area contributed by atoms with Crippen molar-refractivity contribution in [2.75, 3.05) is 56.6 Å². The highest BCUT2D eigenvalue weighted by Gasteiger charge is 2.31. The van der Waals surface area contributed by atoms with E-state index >= 15 is 0 Å². The molecule has 0 bridgehead atoms. The first-order valence-corrected chi connectivity index (χ1v) is 10.7. The molecule has 2 aromatic carbocycles. The van der Waals surface area contributed by atoms with Crippen LogP contribution in [0.2, 0.25) is 0 Å². The molecule has 2 aromatic rings. The molecule has 154 valence electrons. The van der Waals surface area contributed by atoms with Gasteiger partial charge in [-0.25, -0.2) is 0 Å². The van der Waals surface area contributed by atoms with Crippen molar-refractivity contribution >= 4 is 17.3 Å². The highest BCUT2D eigenvalue weighted by Crippen LogP contribution is 2.30. The number of rotatable bonds is 7. The van der Waals surface area contributed by atoms with Gasteiger partial charge in [0.1, 0.15) is 0 Å². The van der Waals surface area contributed by atoms with Gasteiger partial charge in [0.2, 0.25) is 5.91 Å². The van der Waals surface area contributed by atoms with Crippen molar-refractivity contribution in [2.45, 2.75) is 18.9 Å². The number of hydrogen-bond donors (Lipinski definition) is 1. The smallest absolute Gasteiger partial charge is 0.223 e. The lowest BCUT2D eigenvalue weighted by Gasteiger charge is -2.40. The maximum atomic E-state index is 12.3. The van der Waals surface area contributed by atoms with E-state index in [2.05, 4.69) is 88.7 Å². The van der Waals surface area contributed by atoms with E-state index in [0.717, 1.165) is 39.0 Å². The van der Waals surface area contributed by atoms with Gasteiger partial charge < -0.3 is 15.1 Å². The van der Waals surface area contributed by atoms with Crippen LogP contribution in [-0.4, -0.2) is 57.6 Å². The Hall–Kier alpha value is -2.53. The van der Waals surface area contributed by atoms with Crippen molar-refractivity contribution in [3.05, 3.63) is 60.2 Å². The number of piperazine rings is 1. The van der Waals surface area contributed by atoms with Crippen LogP contribution >= 0.6 is 0 Å². The Bertz CT molecular complexity index is 793. The van der Waals surface area contributed by atoms with Gasteiger partial charge in [0, 0.05) is 64.1 Å². The van der Waals surface area contributed by atoms with Crippen LogP contribution in [0.5, 0.6) is 0 Å². The van der Waals surface area contributed by atoms with E-state index in [4.69, 9.17) is 0 Å². The summed E-state index contributed by atoms with van der Waals surface area (Å²) in [4.78, 5) is 19.4. The zero-order valence-corrected chi connectivity index (χ0v) is 17.6. The molecule has 0 spiro atoms. The predicted octanol–water partition coefficient (Wildman–Crippen LogP) is 3.14. The lowest BCUT2D eigenvalue weighted by molar-refractivity contribution is -0.122. The molecule has 1 unspecified atom stereocenters. The molecule has 1 saturated heterocycles. The fraction of sp³-hybridized carbons (Fsp3) is 0.458. The third-order valence-electron chi connectivity index (χ3n) is 6.09. The zero-order chi connectivity index (χ0) is 20.2. The zero-order valence-electron chi connectivity index (χ0n) is 17.6. The third-order valence-corrected chi connectivity index (χ3v) is 6.09. The Morgan fingerprint density at radius 3 is 2.24 bits per heavy atom. The Labute approximate surface area is 174 Å². The van der Waals surface area contributed by atoms with Crippen molar-refractivity contribution in [1.82, 2.24) is 10.2 Å². The van der Waals surface area contributed by atoms with Crippen LogP contribution in [0.3, 0.4) is 0 Å². The number of nitrogens with zero attached hydrogens (tertiary/aromatic N) is 3. The summed E-state index contributed by atoms with van der Waals surface area (Å²) in [5.74, 6) is 0.476. The highest BCUT2D eigenvalue weighted by atomic mass is 16.2. The molecule has 0 radical (unpaired) electrons. The minimum atomic E-state index is 0.215. The molecule has 2 fully saturated rings. The average molecular weight is 393 g/mol. The van der Waals surface area contributed by atoms with Gasteiger partial charge in [-0.2, -0.15) is 0 Å². The molecule has 1 aliphatic carbocycles. The summed E-state index contributed by atoms with van der Waals surface area (Å²) in [7, 11) is 4.12. The number of benzene rings is 2. The molecule has 2 aliphatic rings. The summed E-state index contributed by atoms with van der Waals surface area (Å²) in [6.07, 6.45) is 2.09. The Morgan fingerprint density at radius 2 is 1.66 bits per heavy atom. The standard InChI is InChI=1S/C24H32N4O/c1-26(2)21-12-10-19(11-13-21)23(18-25-24(29)20-8-9-20)28-16-14-27(15-17-28)22-6-4-3-5-7-22/h3-7,10-13,20,23H,8-9,14-18H2,1-2H3,(H,25,29). The Morgan fingerprint density at radius 1 is 1.00 bits per heavy atom. The maximum Gasteiger partial charge on any atom is 0.223 e. The Balaban J connectivity index is 1.45. The molecule has 5 heteroatoms. The van der Waals surface area contributed by atoms with E-state index in [-0.39, 0.29) is 17.9 Å². The van der Waals surface area contributed by atoms with Gasteiger partial charge in [-0.15, -0.1) is 0 Å². The summed E-state index contributed by atoms with van der Waals surface area (Å²) >= 11 is 0. The number of anilines is 2. The monoisotopic (exact) mass is 392 g/mol. The summed E-state index contributed by atoms with van der Waals surface area (Å²) in [5.41, 5.74) is 3.77. The quantitative estimate of drug-likeness (QED) is 0.786. The van der Waals surface area contributed by atoms with Crippen LogP contribution in [0.4, 0.5) is 11.4 Å². The van der Waals surface area contributed by atoms with Gasteiger partial charge in [0.25, 0.3) is 0 Å². The van der Waals surface area contributed by atoms with E-state index in [9.17, 15) is 4.79 Å². The van der Waals surface area contributed by atoms with Crippen LogP contribution in [-0.2, 0) is 4.79 Å². The van der Waals surface area contributed by atoms with E-state index in [1.54, 1.807) is 0 Å². The molecule has 1 N–H and O–H groups in total. The third kappa shape index (κ3) is 4.91. The van der Waals surface area contributed by atoms with Crippen molar-refractivity contribution in [2.24, 2.45) is 5.92 Å². The first-order chi connectivity index (χ1) is 14.1. The molecule has 1 amide bonds. The molecular weight excluding hydrogens is 360 g/mol. The second-order valence-corrected chi connectivity index (χ2v) is 8.38. The van der Waals surface area contributed by atoms with Gasteiger partial charge in [0.05, 0.1) is 6.04 Å². The van der Waals surface area contributed by atoms with Crippen molar-refractivity contribution in [1.29, 1.82) is 0 Å². The molecule has 1 saturated carbocycles. The molecule has 29 heavy (non-hydrogen) atoms. The summed E-state index contributed by atoms with van der Waals surface area (Å²) in [6.45, 7) is 4.68. The van der Waals surface area contributed by atoms with E-state index < -0.39 is 0 Å². The molecule has 4 rings (SSSR count). The second kappa shape index (κ2) is 8.87. The minimum absolute atomic E-state index is 0.215. The average Bonchev–Trinajstić information content (AvgIpc) is 3.61. The van der Waals surface area contributed by atoms with Gasteiger partial charge >= 0.3 is 0 Å². The SMILES string of the molecule is CN(C)c1ccc(C(CNC(=O)C2CC2)N2CCN(c3ccccc3)CC2)cc1. The minimum Gasteiger partial charge on any atom is -0.378 e. The topological polar surface area (TPSA) is 38.8 Å². The van der Waals surface area contributed by atoms with Crippen LogP contribution < -0.4 is 15.1 Å². The highest BCUT2D eigenvalue weighted by molar-refractivity contribution is 5.80. The number of carbonyl (C=O) groups is 1. The first-order valence-electron chi connectivity index (χ1n) is 10.7. The Kier molecular flexibility index (Phi) is 6.05. The van der Waals surface area contributed by atoms with Gasteiger partial charge in [0.15, 0.2) is 0 Å². The molecule has 1 heterocycles. The second-order valence-electron chi connectivity index (χ2n) is 8.38. The normalized spacial score (nSPS) is 18.3. The van der Waals surface area contributed by atoms with Gasteiger partial charge in [-0.3, -0.25) is 9.69 Å². The largest absolute Gasteiger partial charge is 0.378 e. The predicted molar refractivity (Wildman–Crippen MR) is 119 cm³/mol. The van der Waals surface area contributed by atoms with Crippen LogP contribution in [0.25, 0.3) is 0 Å². The molecule has 0 aromatic heterocycles. The molecule has 5 nitrogen and oxygen atoms in total. The summed E-state index contributed by atoms with van der Waals surface area (Å²) in [5, 5.41) is 3.22. The molecular formula is C24H32N4O. The number of para-hydroxylation sites is 1. The fourth-order valence-electron chi connectivity index (χ4n) is 4.07. The van der Waals surface area contributed by atoms with Crippen LogP contribution in [0.15, 0.2) is 54.6 Å². The summed E-state index contributed by atoms with van der Waals surface area (Å²) in [6, 6.07) is 19.6. The van der Waals surface area contributed by atoms with Crippen molar-refractivity contribution < 1.29 is 4.79 Å². The van der Waals surface area contributed by atoms with E-state index in [0.29, 0.717) is 6.54 Å². The number of amides is 1. The lowest BCUT2D eigenvalue weighted by atomic mass is 10.0. The number of hydrogen-bond acceptors (Lipinski definition) is 4. The number of nitrogens with one attached hydrogen (secondary N) is 1. The van der Waals surface area contributed by atoms with E-state index in [1.165, 1.54) is 16.9 Å². The maximum absolute atomic E-state index is 12.3. The van der Waals surface area contributed by atoms with Crippen LogP contribution in [0, 0.1) is 5.92 Å². The molecule has 1 atom stereocenters. The molecule has 1 aliphatic heterocycles.